The van der Waals surface area contributed by atoms with E-state index in [1.807, 2.05) is 0 Å². The molecular weight excluding hydrogens is 401 g/mol. The number of hydrogen-bond acceptors (Lipinski definition) is 4. The van der Waals surface area contributed by atoms with E-state index in [9.17, 15) is 4.48 Å². The van der Waals surface area contributed by atoms with Crippen LogP contribution in [-0.4, -0.2) is 20.8 Å². The largest absolute Gasteiger partial charge is 0.386 e. The summed E-state index contributed by atoms with van der Waals surface area (Å²) in [6.07, 6.45) is 11.8. The summed E-state index contributed by atoms with van der Waals surface area (Å²) >= 11 is 0. The zero-order valence-electron chi connectivity index (χ0n) is 19.1. The van der Waals surface area contributed by atoms with Gasteiger partial charge in [0.2, 0.25) is 0 Å². The van der Waals surface area contributed by atoms with Crippen molar-refractivity contribution in [3.05, 3.63) is 48.1 Å². The van der Waals surface area contributed by atoms with Gasteiger partial charge in [0.25, 0.3) is 0 Å². The van der Waals surface area contributed by atoms with Crippen molar-refractivity contribution in [2.24, 2.45) is 11.8 Å². The normalized spacial score (nSPS) is 17.4. The third kappa shape index (κ3) is 5.09. The molecule has 2 saturated carbocycles. The number of nitrogens with zero attached hydrogens (tertiary/aromatic N) is 4. The van der Waals surface area contributed by atoms with Crippen molar-refractivity contribution < 1.29 is 4.48 Å². The molecular formula is C26H32FN5. The SMILES string of the molecule is C=C(Cc1nc2cnc3ccc(C#N)cc3c2n1F)NC(C)C1CC1.CC1CCCCC1. The molecule has 1 N–H and O–H groups in total. The summed E-state index contributed by atoms with van der Waals surface area (Å²) in [4.78, 5) is 9.27. The van der Waals surface area contributed by atoms with Crippen LogP contribution in [0.1, 0.15) is 70.2 Å². The molecule has 1 aromatic carbocycles. The van der Waals surface area contributed by atoms with E-state index in [1.165, 1.54) is 44.9 Å². The number of benzene rings is 1. The van der Waals surface area contributed by atoms with Crippen molar-refractivity contribution in [1.82, 2.24) is 20.1 Å². The van der Waals surface area contributed by atoms with Gasteiger partial charge in [-0.2, -0.15) is 10.1 Å². The van der Waals surface area contributed by atoms with E-state index in [1.54, 1.807) is 24.4 Å². The van der Waals surface area contributed by atoms with E-state index in [4.69, 9.17) is 5.26 Å². The summed E-state index contributed by atoms with van der Waals surface area (Å²) < 4.78 is 14.9. The zero-order valence-corrected chi connectivity index (χ0v) is 19.1. The number of hydrogen-bond donors (Lipinski definition) is 1. The average molecular weight is 434 g/mol. The highest BCUT2D eigenvalue weighted by Gasteiger charge is 2.28. The number of imidazole rings is 1. The predicted molar refractivity (Wildman–Crippen MR) is 127 cm³/mol. The Balaban J connectivity index is 0.000000300. The first kappa shape index (κ1) is 22.3. The van der Waals surface area contributed by atoms with Crippen molar-refractivity contribution in [2.45, 2.75) is 71.3 Å². The van der Waals surface area contributed by atoms with Crippen LogP contribution < -0.4 is 5.32 Å². The standard InChI is InChI=1S/C19H18FN5.C7H14/c1-11(23-12(2)14-4-5-14)7-18-24-17-10-22-16-6-3-13(9-21)8-15(16)19(17)25(18)20;1-7-5-3-2-4-6-7/h3,6,8,10,12,14,23H,1,4-5,7H2,2H3;7H,2-6H2,1H3. The molecule has 2 aliphatic rings. The smallest absolute Gasteiger partial charge is 0.146 e. The number of halogens is 1. The highest BCUT2D eigenvalue weighted by molar-refractivity contribution is 6.02. The maximum atomic E-state index is 14.9. The fourth-order valence-corrected chi connectivity index (χ4v) is 4.53. The van der Waals surface area contributed by atoms with Crippen LogP contribution in [0.15, 0.2) is 36.7 Å². The fourth-order valence-electron chi connectivity index (χ4n) is 4.53. The maximum Gasteiger partial charge on any atom is 0.146 e. The van der Waals surface area contributed by atoms with E-state index in [-0.39, 0.29) is 5.82 Å². The minimum atomic E-state index is 0.284. The number of nitrogens with one attached hydrogen (secondary N) is 1. The van der Waals surface area contributed by atoms with Crippen LogP contribution in [-0.2, 0) is 6.42 Å². The second kappa shape index (κ2) is 9.68. The molecule has 5 rings (SSSR count). The van der Waals surface area contributed by atoms with Crippen LogP contribution in [0.3, 0.4) is 0 Å². The van der Waals surface area contributed by atoms with Gasteiger partial charge in [-0.15, -0.1) is 0 Å². The monoisotopic (exact) mass is 433 g/mol. The minimum Gasteiger partial charge on any atom is -0.386 e. The van der Waals surface area contributed by atoms with Gasteiger partial charge in [0, 0.05) is 23.5 Å². The number of rotatable bonds is 5. The van der Waals surface area contributed by atoms with Crippen molar-refractivity contribution in [3.8, 4) is 6.07 Å². The van der Waals surface area contributed by atoms with Crippen LogP contribution in [0.4, 0.5) is 4.48 Å². The molecule has 168 valence electrons. The highest BCUT2D eigenvalue weighted by atomic mass is 19.2. The van der Waals surface area contributed by atoms with Gasteiger partial charge in [0.1, 0.15) is 16.9 Å². The van der Waals surface area contributed by atoms with Gasteiger partial charge in [-0.05, 0) is 49.8 Å². The molecule has 1 atom stereocenters. The summed E-state index contributed by atoms with van der Waals surface area (Å²) in [5.74, 6) is 2.01. The summed E-state index contributed by atoms with van der Waals surface area (Å²) in [5.41, 5.74) is 2.68. The number of fused-ring (bicyclic) bond motifs is 3. The van der Waals surface area contributed by atoms with Gasteiger partial charge < -0.3 is 5.32 Å². The lowest BCUT2D eigenvalue weighted by atomic mass is 9.91. The molecule has 2 heterocycles. The van der Waals surface area contributed by atoms with E-state index in [0.29, 0.717) is 50.7 Å². The predicted octanol–water partition coefficient (Wildman–Crippen LogP) is 6.22. The third-order valence-corrected chi connectivity index (χ3v) is 6.65. The summed E-state index contributed by atoms with van der Waals surface area (Å²) in [6.45, 7) is 8.50. The molecule has 2 aliphatic carbocycles. The first-order chi connectivity index (χ1) is 15.5. The van der Waals surface area contributed by atoms with E-state index in [0.717, 1.165) is 11.6 Å². The zero-order chi connectivity index (χ0) is 22.7. The highest BCUT2D eigenvalue weighted by Crippen LogP contribution is 2.33. The Kier molecular flexibility index (Phi) is 6.74. The Hall–Kier alpha value is -2.94. The lowest BCUT2D eigenvalue weighted by Gasteiger charge is -2.15. The second-order valence-electron chi connectivity index (χ2n) is 9.44. The van der Waals surface area contributed by atoms with Crippen molar-refractivity contribution in [3.63, 3.8) is 0 Å². The van der Waals surface area contributed by atoms with Gasteiger partial charge in [0.05, 0.1) is 23.3 Å². The van der Waals surface area contributed by atoms with Crippen LogP contribution in [0.25, 0.3) is 21.9 Å². The van der Waals surface area contributed by atoms with Gasteiger partial charge >= 0.3 is 0 Å². The van der Waals surface area contributed by atoms with Crippen LogP contribution in [0.5, 0.6) is 0 Å². The molecule has 5 nitrogen and oxygen atoms in total. The molecule has 6 heteroatoms. The molecule has 0 radical (unpaired) electrons. The molecule has 0 spiro atoms. The van der Waals surface area contributed by atoms with Gasteiger partial charge in [-0.25, -0.2) is 4.98 Å². The Morgan fingerprint density at radius 2 is 2.00 bits per heavy atom. The first-order valence-corrected chi connectivity index (χ1v) is 11.8. The molecule has 1 unspecified atom stereocenters. The van der Waals surface area contributed by atoms with Crippen LogP contribution >= 0.6 is 0 Å². The lowest BCUT2D eigenvalue weighted by molar-refractivity contribution is 0.367. The Morgan fingerprint density at radius 3 is 2.62 bits per heavy atom. The fraction of sp³-hybridized carbons (Fsp3) is 0.500. The summed E-state index contributed by atoms with van der Waals surface area (Å²) in [5, 5.41) is 13.0. The summed E-state index contributed by atoms with van der Waals surface area (Å²) in [7, 11) is 0. The van der Waals surface area contributed by atoms with Gasteiger partial charge in [0.15, 0.2) is 0 Å². The number of aromatic nitrogens is 3. The molecule has 0 aliphatic heterocycles. The number of pyridine rings is 1. The molecule has 2 aromatic heterocycles. The van der Waals surface area contributed by atoms with Gasteiger partial charge in [-0.3, -0.25) is 4.98 Å². The Morgan fingerprint density at radius 1 is 1.25 bits per heavy atom. The molecule has 2 fully saturated rings. The van der Waals surface area contributed by atoms with E-state index >= 15 is 0 Å². The molecule has 32 heavy (non-hydrogen) atoms. The van der Waals surface area contributed by atoms with Crippen molar-refractivity contribution in [2.75, 3.05) is 0 Å². The van der Waals surface area contributed by atoms with Crippen molar-refractivity contribution >= 4 is 21.9 Å². The third-order valence-electron chi connectivity index (χ3n) is 6.65. The number of nitriles is 1. The van der Waals surface area contributed by atoms with Crippen LogP contribution in [0, 0.1) is 23.2 Å². The van der Waals surface area contributed by atoms with E-state index in [2.05, 4.69) is 41.8 Å². The van der Waals surface area contributed by atoms with E-state index < -0.39 is 0 Å². The molecule has 0 saturated heterocycles. The molecule has 3 aromatic rings. The summed E-state index contributed by atoms with van der Waals surface area (Å²) in [6, 6.07) is 7.47. The van der Waals surface area contributed by atoms with Crippen molar-refractivity contribution in [1.29, 1.82) is 5.26 Å². The maximum absolute atomic E-state index is 14.9. The second-order valence-corrected chi connectivity index (χ2v) is 9.44. The average Bonchev–Trinajstić information content (AvgIpc) is 3.59. The molecule has 0 bridgehead atoms. The quantitative estimate of drug-likeness (QED) is 0.519. The van der Waals surface area contributed by atoms with Gasteiger partial charge in [-0.1, -0.05) is 50.1 Å². The topological polar surface area (TPSA) is 66.5 Å². The molecule has 0 amide bonds. The first-order valence-electron chi connectivity index (χ1n) is 11.8. The minimum absolute atomic E-state index is 0.284. The Labute approximate surface area is 189 Å². The Bertz CT molecular complexity index is 1150. The van der Waals surface area contributed by atoms with Crippen LogP contribution in [0.2, 0.25) is 0 Å². The lowest BCUT2D eigenvalue weighted by Crippen LogP contribution is -2.27. The number of allylic oxidation sites excluding steroid dienone is 1.